The Morgan fingerprint density at radius 2 is 1.91 bits per heavy atom. The third kappa shape index (κ3) is 5.29. The van der Waals surface area contributed by atoms with Crippen molar-refractivity contribution in [1.82, 2.24) is 0 Å². The van der Waals surface area contributed by atoms with Crippen molar-refractivity contribution in [2.75, 3.05) is 0 Å². The fourth-order valence-electron chi connectivity index (χ4n) is 1.64. The van der Waals surface area contributed by atoms with Crippen LogP contribution >= 0.6 is 0 Å². The van der Waals surface area contributed by atoms with Crippen LogP contribution in [0, 0.1) is 18.3 Å². The second-order valence-electron chi connectivity index (χ2n) is 4.51. The second-order valence-corrected chi connectivity index (χ2v) is 4.51. The van der Waals surface area contributed by atoms with Gasteiger partial charge in [0.05, 0.1) is 0 Å². The molecule has 0 aliphatic rings. The molecule has 0 rings (SSSR count). The summed E-state index contributed by atoms with van der Waals surface area (Å²) < 4.78 is 0. The molecule has 0 heterocycles. The summed E-state index contributed by atoms with van der Waals surface area (Å²) in [4.78, 5) is 0. The van der Waals surface area contributed by atoms with Crippen molar-refractivity contribution >= 4 is 0 Å². The van der Waals surface area contributed by atoms with Crippen LogP contribution in [0.25, 0.3) is 0 Å². The molecule has 0 aromatic carbocycles. The standard InChI is InChI=1S/C11H23/c1-6-8-10(3)9-11(4,5)7-2/h10H,2,6-9H2,1,3-5H3. The Hall–Kier alpha value is 0. The molecule has 0 spiro atoms. The van der Waals surface area contributed by atoms with Gasteiger partial charge in [0.15, 0.2) is 0 Å². The Labute approximate surface area is 72.4 Å². The predicted octanol–water partition coefficient (Wildman–Crippen LogP) is 4.06. The highest BCUT2D eigenvalue weighted by Gasteiger charge is 2.17. The van der Waals surface area contributed by atoms with Crippen LogP contribution in [-0.4, -0.2) is 0 Å². The van der Waals surface area contributed by atoms with Gasteiger partial charge in [-0.15, -0.1) is 0 Å². The average molecular weight is 155 g/mol. The summed E-state index contributed by atoms with van der Waals surface area (Å²) in [6.45, 7) is 13.2. The molecule has 1 radical (unpaired) electrons. The highest BCUT2D eigenvalue weighted by Crippen LogP contribution is 2.30. The van der Waals surface area contributed by atoms with E-state index in [0.717, 1.165) is 12.3 Å². The van der Waals surface area contributed by atoms with Gasteiger partial charge in [-0.2, -0.15) is 0 Å². The molecule has 0 aliphatic carbocycles. The van der Waals surface area contributed by atoms with Gasteiger partial charge < -0.3 is 0 Å². The predicted molar refractivity (Wildman–Crippen MR) is 52.4 cm³/mol. The van der Waals surface area contributed by atoms with Gasteiger partial charge >= 0.3 is 0 Å². The first-order valence-corrected chi connectivity index (χ1v) is 4.81. The van der Waals surface area contributed by atoms with E-state index in [1.165, 1.54) is 19.3 Å². The Balaban J connectivity index is 3.64. The second kappa shape index (κ2) is 4.79. The first-order valence-electron chi connectivity index (χ1n) is 4.81. The lowest BCUT2D eigenvalue weighted by Gasteiger charge is -2.26. The molecule has 11 heavy (non-hydrogen) atoms. The molecular formula is C11H23. The molecule has 0 N–H and O–H groups in total. The molecule has 0 saturated carbocycles. The van der Waals surface area contributed by atoms with Crippen molar-refractivity contribution in [2.24, 2.45) is 11.3 Å². The topological polar surface area (TPSA) is 0 Å². The number of rotatable bonds is 5. The third-order valence-corrected chi connectivity index (χ3v) is 2.36. The van der Waals surface area contributed by atoms with E-state index in [4.69, 9.17) is 0 Å². The Morgan fingerprint density at radius 3 is 2.27 bits per heavy atom. The highest BCUT2D eigenvalue weighted by atomic mass is 14.2. The zero-order valence-corrected chi connectivity index (χ0v) is 8.61. The molecule has 0 aliphatic heterocycles. The maximum absolute atomic E-state index is 3.97. The number of hydrogen-bond donors (Lipinski definition) is 0. The monoisotopic (exact) mass is 155 g/mol. The summed E-state index contributed by atoms with van der Waals surface area (Å²) in [6, 6.07) is 0. The van der Waals surface area contributed by atoms with Crippen LogP contribution in [0.3, 0.4) is 0 Å². The van der Waals surface area contributed by atoms with E-state index < -0.39 is 0 Å². The highest BCUT2D eigenvalue weighted by molar-refractivity contribution is 4.72. The van der Waals surface area contributed by atoms with Gasteiger partial charge in [0.25, 0.3) is 0 Å². The lowest BCUT2D eigenvalue weighted by atomic mass is 9.80. The molecule has 0 saturated heterocycles. The molecule has 0 aromatic rings. The van der Waals surface area contributed by atoms with Gasteiger partial charge in [-0.25, -0.2) is 0 Å². The van der Waals surface area contributed by atoms with Crippen molar-refractivity contribution in [3.05, 3.63) is 6.92 Å². The minimum absolute atomic E-state index is 0.453. The van der Waals surface area contributed by atoms with Crippen molar-refractivity contribution in [1.29, 1.82) is 0 Å². The summed E-state index contributed by atoms with van der Waals surface area (Å²) in [6.07, 6.45) is 5.06. The Morgan fingerprint density at radius 1 is 1.36 bits per heavy atom. The summed E-state index contributed by atoms with van der Waals surface area (Å²) in [5.41, 5.74) is 0.453. The molecule has 0 fully saturated rings. The van der Waals surface area contributed by atoms with E-state index >= 15 is 0 Å². The van der Waals surface area contributed by atoms with Gasteiger partial charge in [0.2, 0.25) is 0 Å². The van der Waals surface area contributed by atoms with E-state index in [1.54, 1.807) is 0 Å². The van der Waals surface area contributed by atoms with Gasteiger partial charge in [-0.1, -0.05) is 47.5 Å². The molecular weight excluding hydrogens is 132 g/mol. The lowest BCUT2D eigenvalue weighted by Crippen LogP contribution is -2.14. The zero-order chi connectivity index (χ0) is 8.91. The van der Waals surface area contributed by atoms with Crippen LogP contribution in [0.15, 0.2) is 0 Å². The van der Waals surface area contributed by atoms with Gasteiger partial charge in [-0.3, -0.25) is 0 Å². The van der Waals surface area contributed by atoms with Crippen molar-refractivity contribution in [2.45, 2.75) is 53.4 Å². The molecule has 0 amide bonds. The molecule has 1 atom stereocenters. The third-order valence-electron chi connectivity index (χ3n) is 2.36. The first-order chi connectivity index (χ1) is 5.02. The summed E-state index contributed by atoms with van der Waals surface area (Å²) in [7, 11) is 0. The molecule has 0 heteroatoms. The minimum atomic E-state index is 0.453. The largest absolute Gasteiger partial charge is 0.0654 e. The molecule has 1 unspecified atom stereocenters. The zero-order valence-electron chi connectivity index (χ0n) is 8.61. The van der Waals surface area contributed by atoms with E-state index in [1.807, 2.05) is 0 Å². The van der Waals surface area contributed by atoms with Crippen LogP contribution < -0.4 is 0 Å². The fourth-order valence-corrected chi connectivity index (χ4v) is 1.64. The van der Waals surface area contributed by atoms with E-state index in [2.05, 4.69) is 34.6 Å². The van der Waals surface area contributed by atoms with Crippen LogP contribution in [0.2, 0.25) is 0 Å². The summed E-state index contributed by atoms with van der Waals surface area (Å²) in [5.74, 6) is 0.872. The molecule has 0 aromatic heterocycles. The minimum Gasteiger partial charge on any atom is -0.0654 e. The average Bonchev–Trinajstić information content (AvgIpc) is 1.87. The van der Waals surface area contributed by atoms with Gasteiger partial charge in [0.1, 0.15) is 0 Å². The quantitative estimate of drug-likeness (QED) is 0.561. The van der Waals surface area contributed by atoms with Crippen molar-refractivity contribution in [3.63, 3.8) is 0 Å². The first kappa shape index (κ1) is 11.0. The van der Waals surface area contributed by atoms with Gasteiger partial charge in [0, 0.05) is 0 Å². The smallest absolute Gasteiger partial charge is 0.0352 e. The van der Waals surface area contributed by atoms with Crippen LogP contribution in [0.1, 0.15) is 53.4 Å². The summed E-state index contributed by atoms with van der Waals surface area (Å²) in [5, 5.41) is 0. The van der Waals surface area contributed by atoms with E-state index in [0.29, 0.717) is 5.41 Å². The van der Waals surface area contributed by atoms with E-state index in [-0.39, 0.29) is 0 Å². The Kier molecular flexibility index (Phi) is 4.79. The molecule has 0 bridgehead atoms. The van der Waals surface area contributed by atoms with Gasteiger partial charge in [-0.05, 0) is 24.2 Å². The van der Waals surface area contributed by atoms with E-state index in [9.17, 15) is 0 Å². The maximum Gasteiger partial charge on any atom is -0.0352 e. The molecule has 67 valence electrons. The van der Waals surface area contributed by atoms with Crippen LogP contribution in [-0.2, 0) is 0 Å². The van der Waals surface area contributed by atoms with Crippen molar-refractivity contribution < 1.29 is 0 Å². The fraction of sp³-hybridized carbons (Fsp3) is 0.909. The number of hydrogen-bond acceptors (Lipinski definition) is 0. The SMILES string of the molecule is [CH2]CC(C)(C)CC(C)CCC. The molecule has 0 nitrogen and oxygen atoms in total. The van der Waals surface area contributed by atoms with Crippen molar-refractivity contribution in [3.8, 4) is 0 Å². The Bertz CT molecular complexity index is 92.2. The lowest BCUT2D eigenvalue weighted by molar-refractivity contribution is 0.269. The van der Waals surface area contributed by atoms with Crippen LogP contribution in [0.5, 0.6) is 0 Å². The van der Waals surface area contributed by atoms with Crippen LogP contribution in [0.4, 0.5) is 0 Å². The maximum atomic E-state index is 3.97. The summed E-state index contributed by atoms with van der Waals surface area (Å²) >= 11 is 0. The normalized spacial score (nSPS) is 15.0.